The highest BCUT2D eigenvalue weighted by Crippen LogP contribution is 2.41. The van der Waals surface area contributed by atoms with Gasteiger partial charge in [-0.25, -0.2) is 5.01 Å². The third-order valence-electron chi connectivity index (χ3n) is 6.19. The van der Waals surface area contributed by atoms with E-state index in [4.69, 9.17) is 0 Å². The summed E-state index contributed by atoms with van der Waals surface area (Å²) in [5.74, 6) is -1.00. The van der Waals surface area contributed by atoms with Crippen LogP contribution in [0.1, 0.15) is 23.7 Å². The molecule has 2 N–H and O–H groups in total. The summed E-state index contributed by atoms with van der Waals surface area (Å²) in [5.41, 5.74) is 2.37. The van der Waals surface area contributed by atoms with E-state index in [0.717, 1.165) is 33.3 Å². The lowest BCUT2D eigenvalue weighted by atomic mass is 9.83. The normalized spacial score (nSPS) is 20.5. The molecule has 2 aliphatic rings. The number of hydrogen-bond acceptors (Lipinski definition) is 5. The Kier molecular flexibility index (Phi) is 4.73. The van der Waals surface area contributed by atoms with Gasteiger partial charge in [-0.1, -0.05) is 18.2 Å². The van der Waals surface area contributed by atoms with Gasteiger partial charge in [-0.3, -0.25) is 19.4 Å². The third kappa shape index (κ3) is 3.13. The first kappa shape index (κ1) is 19.9. The van der Waals surface area contributed by atoms with Crippen molar-refractivity contribution in [1.82, 2.24) is 25.2 Å². The largest absolute Gasteiger partial charge is 0.356 e. The van der Waals surface area contributed by atoms with E-state index in [1.807, 2.05) is 24.3 Å². The zero-order chi connectivity index (χ0) is 22.3. The molecule has 2 aliphatic heterocycles. The fourth-order valence-electron chi connectivity index (χ4n) is 4.54. The van der Waals surface area contributed by atoms with Gasteiger partial charge in [0.05, 0.1) is 5.69 Å². The van der Waals surface area contributed by atoms with Gasteiger partial charge in [-0.05, 0) is 42.7 Å². The van der Waals surface area contributed by atoms with Gasteiger partial charge < -0.3 is 15.2 Å². The van der Waals surface area contributed by atoms with Crippen molar-refractivity contribution in [1.29, 1.82) is 0 Å². The van der Waals surface area contributed by atoms with Crippen LogP contribution in [0.15, 0.2) is 53.9 Å². The number of piperazine rings is 1. The van der Waals surface area contributed by atoms with Crippen molar-refractivity contribution in [2.45, 2.75) is 25.4 Å². The molecule has 0 bridgehead atoms. The Morgan fingerprint density at radius 1 is 1.25 bits per heavy atom. The number of hydrogen-bond donors (Lipinski definition) is 2. The summed E-state index contributed by atoms with van der Waals surface area (Å²) in [6.07, 6.45) is 5.00. The van der Waals surface area contributed by atoms with E-state index in [1.54, 1.807) is 36.4 Å². The Morgan fingerprint density at radius 3 is 2.84 bits per heavy atom. The number of aromatic amines is 1. The summed E-state index contributed by atoms with van der Waals surface area (Å²) in [4.78, 5) is 47.5. The second-order valence-corrected chi connectivity index (χ2v) is 8.07. The first-order valence-electron chi connectivity index (χ1n) is 10.4. The highest BCUT2D eigenvalue weighted by molar-refractivity contribution is 6.26. The van der Waals surface area contributed by atoms with E-state index < -0.39 is 11.4 Å². The number of carbonyl (C=O) groups excluding carboxylic acids is 3. The molecule has 2 aromatic heterocycles. The van der Waals surface area contributed by atoms with E-state index in [9.17, 15) is 14.4 Å². The van der Waals surface area contributed by atoms with Gasteiger partial charge in [0.2, 0.25) is 5.91 Å². The van der Waals surface area contributed by atoms with E-state index in [0.29, 0.717) is 25.2 Å². The highest BCUT2D eigenvalue weighted by atomic mass is 16.2. The van der Waals surface area contributed by atoms with Gasteiger partial charge in [0.15, 0.2) is 5.54 Å². The van der Waals surface area contributed by atoms with Crippen LogP contribution < -0.4 is 5.32 Å². The van der Waals surface area contributed by atoms with Gasteiger partial charge >= 0.3 is 0 Å². The summed E-state index contributed by atoms with van der Waals surface area (Å²) >= 11 is 0. The maximum absolute atomic E-state index is 13.5. The standard InChI is InChI=1S/C23H22N6O3/c1-23-21-17(16-4-2-3-5-18(16)27-21)8-11-28(23)20(31)14-29(22(23)32)26-13-19(30)25-12-15-6-9-24-10-7-15/h2-7,9-10,13,27H,8,11-12,14H2,1H3,(H,25,30). The molecule has 5 rings (SSSR count). The number of para-hydroxylation sites is 1. The number of nitrogens with zero attached hydrogens (tertiary/aromatic N) is 4. The first-order chi connectivity index (χ1) is 15.5. The number of carbonyl (C=O) groups is 3. The smallest absolute Gasteiger partial charge is 0.275 e. The summed E-state index contributed by atoms with van der Waals surface area (Å²) in [5, 5.41) is 8.92. The molecular weight excluding hydrogens is 408 g/mol. The molecular formula is C23H22N6O3. The van der Waals surface area contributed by atoms with Crippen LogP contribution in [-0.2, 0) is 32.9 Å². The molecule has 1 saturated heterocycles. The summed E-state index contributed by atoms with van der Waals surface area (Å²) in [7, 11) is 0. The summed E-state index contributed by atoms with van der Waals surface area (Å²) in [6.45, 7) is 2.31. The Bertz CT molecular complexity index is 1250. The maximum Gasteiger partial charge on any atom is 0.275 e. The van der Waals surface area contributed by atoms with Gasteiger partial charge in [0, 0.05) is 36.4 Å². The van der Waals surface area contributed by atoms with Crippen LogP contribution in [0.2, 0.25) is 0 Å². The number of hydrazone groups is 1. The lowest BCUT2D eigenvalue weighted by Gasteiger charge is -2.48. The number of H-pyrrole nitrogens is 1. The molecule has 0 spiro atoms. The summed E-state index contributed by atoms with van der Waals surface area (Å²) < 4.78 is 0. The minimum atomic E-state index is -1.20. The number of amides is 3. The van der Waals surface area contributed by atoms with Crippen molar-refractivity contribution in [3.63, 3.8) is 0 Å². The second-order valence-electron chi connectivity index (χ2n) is 8.07. The molecule has 1 aromatic carbocycles. The minimum Gasteiger partial charge on any atom is -0.356 e. The fraction of sp³-hybridized carbons (Fsp3) is 0.261. The number of nitrogens with one attached hydrogen (secondary N) is 2. The van der Waals surface area contributed by atoms with E-state index in [-0.39, 0.29) is 18.4 Å². The average Bonchev–Trinajstić information content (AvgIpc) is 3.20. The van der Waals surface area contributed by atoms with Gasteiger partial charge in [0.25, 0.3) is 11.8 Å². The molecule has 1 atom stereocenters. The molecule has 32 heavy (non-hydrogen) atoms. The van der Waals surface area contributed by atoms with Gasteiger partial charge in [0.1, 0.15) is 12.8 Å². The van der Waals surface area contributed by atoms with E-state index in [1.165, 1.54) is 0 Å². The van der Waals surface area contributed by atoms with E-state index >= 15 is 0 Å². The molecule has 0 saturated carbocycles. The molecule has 1 fully saturated rings. The molecule has 4 heterocycles. The van der Waals surface area contributed by atoms with Gasteiger partial charge in [-0.15, -0.1) is 0 Å². The van der Waals surface area contributed by atoms with Crippen LogP contribution >= 0.6 is 0 Å². The molecule has 0 radical (unpaired) electrons. The summed E-state index contributed by atoms with van der Waals surface area (Å²) in [6, 6.07) is 11.4. The van der Waals surface area contributed by atoms with E-state index in [2.05, 4.69) is 20.4 Å². The van der Waals surface area contributed by atoms with Gasteiger partial charge in [-0.2, -0.15) is 5.10 Å². The molecule has 3 aromatic rings. The predicted molar refractivity (Wildman–Crippen MR) is 117 cm³/mol. The molecule has 9 nitrogen and oxygen atoms in total. The number of fused-ring (bicyclic) bond motifs is 5. The Morgan fingerprint density at radius 2 is 2.03 bits per heavy atom. The second kappa shape index (κ2) is 7.60. The fourth-order valence-corrected chi connectivity index (χ4v) is 4.54. The number of pyridine rings is 1. The van der Waals surface area contributed by atoms with Crippen LogP contribution in [0, 0.1) is 0 Å². The molecule has 9 heteroatoms. The topological polar surface area (TPSA) is 111 Å². The molecule has 1 unspecified atom stereocenters. The third-order valence-corrected chi connectivity index (χ3v) is 6.19. The Hall–Kier alpha value is -4.01. The Labute approximate surface area is 184 Å². The quantitative estimate of drug-likeness (QED) is 0.608. The number of benzene rings is 1. The minimum absolute atomic E-state index is 0.196. The number of rotatable bonds is 4. The van der Waals surface area contributed by atoms with Crippen molar-refractivity contribution >= 4 is 34.8 Å². The van der Waals surface area contributed by atoms with Crippen LogP contribution in [0.25, 0.3) is 10.9 Å². The van der Waals surface area contributed by atoms with Crippen LogP contribution in [0.5, 0.6) is 0 Å². The van der Waals surface area contributed by atoms with Crippen LogP contribution in [-0.4, -0.2) is 56.9 Å². The predicted octanol–water partition coefficient (Wildman–Crippen LogP) is 1.31. The molecule has 3 amide bonds. The van der Waals surface area contributed by atoms with Crippen LogP contribution in [0.3, 0.4) is 0 Å². The van der Waals surface area contributed by atoms with Crippen molar-refractivity contribution < 1.29 is 14.4 Å². The molecule has 0 aliphatic carbocycles. The van der Waals surface area contributed by atoms with Crippen LogP contribution in [0.4, 0.5) is 0 Å². The lowest BCUT2D eigenvalue weighted by molar-refractivity contribution is -0.165. The SMILES string of the molecule is CC12C(=O)N(N=CC(=O)NCc3ccncc3)CC(=O)N1CCc1c2[nH]c2ccccc12. The van der Waals surface area contributed by atoms with Crippen molar-refractivity contribution in [2.75, 3.05) is 13.1 Å². The maximum atomic E-state index is 13.5. The Balaban J connectivity index is 1.39. The number of aromatic nitrogens is 2. The molecule has 162 valence electrons. The first-order valence-corrected chi connectivity index (χ1v) is 10.4. The van der Waals surface area contributed by atoms with Crippen molar-refractivity contribution in [3.8, 4) is 0 Å². The highest BCUT2D eigenvalue weighted by Gasteiger charge is 2.54. The zero-order valence-corrected chi connectivity index (χ0v) is 17.5. The monoisotopic (exact) mass is 430 g/mol. The lowest BCUT2D eigenvalue weighted by Crippen LogP contribution is -2.65. The zero-order valence-electron chi connectivity index (χ0n) is 17.5. The van der Waals surface area contributed by atoms with Crippen molar-refractivity contribution in [3.05, 3.63) is 65.6 Å². The van der Waals surface area contributed by atoms with Crippen molar-refractivity contribution in [2.24, 2.45) is 5.10 Å². The average molecular weight is 430 g/mol.